The number of allylic oxidation sites excluding steroid dienone is 1. The summed E-state index contributed by atoms with van der Waals surface area (Å²) >= 11 is 6.71. The number of thioether (sulfide) groups is 1. The van der Waals surface area contributed by atoms with Crippen molar-refractivity contribution in [1.29, 1.82) is 0 Å². The highest BCUT2D eigenvalue weighted by Gasteiger charge is 2.50. The third-order valence-corrected chi connectivity index (χ3v) is 5.43. The summed E-state index contributed by atoms with van der Waals surface area (Å²) in [6.45, 7) is 0. The van der Waals surface area contributed by atoms with Crippen LogP contribution in [0.3, 0.4) is 0 Å². The molecule has 102 valence electrons. The van der Waals surface area contributed by atoms with Gasteiger partial charge in [0.1, 0.15) is 5.25 Å². The maximum atomic E-state index is 12.8. The molecule has 0 bridgehead atoms. The van der Waals surface area contributed by atoms with Crippen LogP contribution >= 0.6 is 23.4 Å². The Morgan fingerprint density at radius 1 is 1.44 bits per heavy atom. The molecule has 0 saturated heterocycles. The van der Waals surface area contributed by atoms with E-state index in [-0.39, 0.29) is 16.5 Å². The maximum Gasteiger partial charge on any atom is 0.404 e. The molecule has 1 aliphatic carbocycles. The molecule has 1 aliphatic heterocycles. The predicted octanol–water partition coefficient (Wildman–Crippen LogP) is 3.45. The lowest BCUT2D eigenvalue weighted by Gasteiger charge is -2.38. The number of carboxylic acid groups (broad SMARTS) is 1. The Morgan fingerprint density at radius 2 is 2.11 bits per heavy atom. The molecule has 4 unspecified atom stereocenters. The Balaban J connectivity index is 2.29. The van der Waals surface area contributed by atoms with Gasteiger partial charge in [-0.05, 0) is 25.2 Å². The fourth-order valence-electron chi connectivity index (χ4n) is 2.47. The molecule has 1 fully saturated rings. The second-order valence-electron chi connectivity index (χ2n) is 4.60. The predicted molar refractivity (Wildman–Crippen MR) is 63.9 cm³/mol. The minimum Gasteiger partial charge on any atom is -0.478 e. The quantitative estimate of drug-likeness (QED) is 0.754. The maximum absolute atomic E-state index is 12.8. The number of hydrogen-bond acceptors (Lipinski definition) is 2. The Bertz CT molecular complexity index is 383. The number of carboxylic acids is 1. The molecule has 2 aliphatic rings. The van der Waals surface area contributed by atoms with Gasteiger partial charge in [0.25, 0.3) is 0 Å². The number of fused-ring (bicyclic) bond motifs is 1. The number of aliphatic carboxylic acids is 1. The van der Waals surface area contributed by atoms with Gasteiger partial charge in [0.2, 0.25) is 0 Å². The van der Waals surface area contributed by atoms with Crippen LogP contribution in [0.2, 0.25) is 0 Å². The van der Waals surface area contributed by atoms with Gasteiger partial charge in [-0.1, -0.05) is 6.08 Å². The number of carbonyl (C=O) groups is 1. The highest BCUT2D eigenvalue weighted by molar-refractivity contribution is 8.00. The van der Waals surface area contributed by atoms with Crippen molar-refractivity contribution in [1.82, 2.24) is 0 Å². The van der Waals surface area contributed by atoms with E-state index < -0.39 is 23.0 Å². The molecule has 0 radical (unpaired) electrons. The van der Waals surface area contributed by atoms with E-state index in [1.54, 1.807) is 0 Å². The summed E-state index contributed by atoms with van der Waals surface area (Å²) in [4.78, 5) is 11.0. The lowest BCUT2D eigenvalue weighted by Crippen LogP contribution is -2.40. The summed E-state index contributed by atoms with van der Waals surface area (Å²) in [5.74, 6) is -1.64. The molecule has 1 heterocycles. The van der Waals surface area contributed by atoms with Crippen molar-refractivity contribution in [3.63, 3.8) is 0 Å². The van der Waals surface area contributed by atoms with Crippen molar-refractivity contribution in [2.45, 2.75) is 41.3 Å². The van der Waals surface area contributed by atoms with E-state index in [0.29, 0.717) is 19.3 Å². The summed E-state index contributed by atoms with van der Waals surface area (Å²) < 4.78 is 38.5. The Labute approximate surface area is 112 Å². The second-order valence-corrected chi connectivity index (χ2v) is 6.56. The summed E-state index contributed by atoms with van der Waals surface area (Å²) in [7, 11) is 0. The molecule has 1 saturated carbocycles. The molecule has 7 heteroatoms. The van der Waals surface area contributed by atoms with Crippen molar-refractivity contribution >= 4 is 29.3 Å². The van der Waals surface area contributed by atoms with Crippen LogP contribution < -0.4 is 0 Å². The second kappa shape index (κ2) is 4.96. The molecular formula is C11H12ClF3O2S. The van der Waals surface area contributed by atoms with Crippen molar-refractivity contribution in [3.05, 3.63) is 11.6 Å². The van der Waals surface area contributed by atoms with Crippen LogP contribution in [0.4, 0.5) is 13.2 Å². The van der Waals surface area contributed by atoms with Crippen LogP contribution in [0, 0.1) is 5.92 Å². The zero-order valence-corrected chi connectivity index (χ0v) is 10.9. The van der Waals surface area contributed by atoms with Crippen LogP contribution in [-0.2, 0) is 4.79 Å². The first-order valence-electron chi connectivity index (χ1n) is 5.60. The molecular weight excluding hydrogens is 289 g/mol. The highest BCUT2D eigenvalue weighted by atomic mass is 35.5. The first-order chi connectivity index (χ1) is 8.29. The lowest BCUT2D eigenvalue weighted by molar-refractivity contribution is -0.141. The van der Waals surface area contributed by atoms with Crippen LogP contribution in [0.5, 0.6) is 0 Å². The molecule has 1 N–H and O–H groups in total. The first kappa shape index (κ1) is 14.1. The number of alkyl halides is 4. The van der Waals surface area contributed by atoms with Crippen LogP contribution in [-0.4, -0.2) is 33.1 Å². The van der Waals surface area contributed by atoms with Crippen molar-refractivity contribution in [2.75, 3.05) is 0 Å². The average molecular weight is 301 g/mol. The number of hydrogen-bond donors (Lipinski definition) is 1. The van der Waals surface area contributed by atoms with Gasteiger partial charge in [0, 0.05) is 10.6 Å². The molecule has 0 aromatic heterocycles. The van der Waals surface area contributed by atoms with Crippen molar-refractivity contribution < 1.29 is 23.1 Å². The van der Waals surface area contributed by atoms with E-state index in [2.05, 4.69) is 0 Å². The van der Waals surface area contributed by atoms with Crippen molar-refractivity contribution in [3.8, 4) is 0 Å². The molecule has 0 spiro atoms. The van der Waals surface area contributed by atoms with Gasteiger partial charge >= 0.3 is 12.1 Å². The summed E-state index contributed by atoms with van der Waals surface area (Å²) in [5.41, 5.74) is -0.542. The minimum atomic E-state index is -4.52. The number of halogens is 4. The highest BCUT2D eigenvalue weighted by Crippen LogP contribution is 2.48. The molecule has 0 amide bonds. The van der Waals surface area contributed by atoms with E-state index in [9.17, 15) is 18.0 Å². The normalized spacial score (nSPS) is 36.8. The van der Waals surface area contributed by atoms with Crippen molar-refractivity contribution in [2.24, 2.45) is 5.92 Å². The zero-order chi connectivity index (χ0) is 13.5. The smallest absolute Gasteiger partial charge is 0.404 e. The van der Waals surface area contributed by atoms with E-state index in [0.717, 1.165) is 11.8 Å². The summed E-state index contributed by atoms with van der Waals surface area (Å²) in [6, 6.07) is 0. The van der Waals surface area contributed by atoms with E-state index in [1.165, 1.54) is 6.08 Å². The van der Waals surface area contributed by atoms with Crippen LogP contribution in [0.1, 0.15) is 19.3 Å². The fourth-order valence-corrected chi connectivity index (χ4v) is 4.30. The van der Waals surface area contributed by atoms with Gasteiger partial charge in [-0.3, -0.25) is 0 Å². The monoisotopic (exact) mass is 300 g/mol. The van der Waals surface area contributed by atoms with Gasteiger partial charge < -0.3 is 5.11 Å². The van der Waals surface area contributed by atoms with Crippen LogP contribution in [0.25, 0.3) is 0 Å². The fraction of sp³-hybridized carbons (Fsp3) is 0.727. The molecule has 2 rings (SSSR count). The Hall–Kier alpha value is -0.360. The van der Waals surface area contributed by atoms with E-state index in [4.69, 9.17) is 16.7 Å². The van der Waals surface area contributed by atoms with Gasteiger partial charge in [0.15, 0.2) is 0 Å². The molecule has 4 atom stereocenters. The molecule has 0 aromatic rings. The average Bonchev–Trinajstić information content (AvgIpc) is 2.25. The molecule has 18 heavy (non-hydrogen) atoms. The van der Waals surface area contributed by atoms with Crippen LogP contribution in [0.15, 0.2) is 11.6 Å². The van der Waals surface area contributed by atoms with Gasteiger partial charge in [-0.25, -0.2) is 4.79 Å². The van der Waals surface area contributed by atoms with Gasteiger partial charge in [-0.15, -0.1) is 23.4 Å². The van der Waals surface area contributed by atoms with E-state index >= 15 is 0 Å². The standard InChI is InChI=1S/C11H12ClF3O2S/c12-6-1-2-8-5(3-6)4-7(10(16)17)9(18-8)11(13,14)15/h4-6,8-9H,1-3H2,(H,16,17). The van der Waals surface area contributed by atoms with E-state index in [1.807, 2.05) is 0 Å². The molecule has 2 nitrogen and oxygen atoms in total. The lowest BCUT2D eigenvalue weighted by atomic mass is 9.86. The third kappa shape index (κ3) is 2.79. The Kier molecular flexibility index (Phi) is 3.88. The number of rotatable bonds is 1. The summed E-state index contributed by atoms with van der Waals surface area (Å²) in [6.07, 6.45) is -1.38. The van der Waals surface area contributed by atoms with Gasteiger partial charge in [0.05, 0.1) is 5.57 Å². The minimum absolute atomic E-state index is 0.0689. The first-order valence-corrected chi connectivity index (χ1v) is 6.98. The van der Waals surface area contributed by atoms with Gasteiger partial charge in [-0.2, -0.15) is 13.2 Å². The summed E-state index contributed by atoms with van der Waals surface area (Å²) in [5, 5.41) is 6.76. The molecule has 0 aromatic carbocycles. The topological polar surface area (TPSA) is 37.3 Å². The zero-order valence-electron chi connectivity index (χ0n) is 9.28. The SMILES string of the molecule is O=C(O)C1=CC2CC(Cl)CCC2SC1C(F)(F)F. The third-order valence-electron chi connectivity index (χ3n) is 3.30. The Morgan fingerprint density at radius 3 is 2.67 bits per heavy atom. The largest absolute Gasteiger partial charge is 0.478 e.